The predicted molar refractivity (Wildman–Crippen MR) is 98.1 cm³/mol. The van der Waals surface area contributed by atoms with Gasteiger partial charge in [-0.3, -0.25) is 0 Å². The van der Waals surface area contributed by atoms with Crippen molar-refractivity contribution in [3.05, 3.63) is 47.2 Å². The maximum Gasteiger partial charge on any atom is 0.276 e. The average Bonchev–Trinajstić information content (AvgIpc) is 3.61. The Morgan fingerprint density at radius 3 is 1.50 bits per heavy atom. The maximum absolute atomic E-state index is 5.68. The van der Waals surface area contributed by atoms with Crippen molar-refractivity contribution < 1.29 is 8.83 Å². The number of benzene rings is 1. The fourth-order valence-corrected chi connectivity index (χ4v) is 4.02. The van der Waals surface area contributed by atoms with E-state index in [9.17, 15) is 0 Å². The lowest BCUT2D eigenvalue weighted by Gasteiger charge is -2.02. The van der Waals surface area contributed by atoms with Crippen LogP contribution in [0, 0.1) is 0 Å². The van der Waals surface area contributed by atoms with Crippen LogP contribution < -0.4 is 0 Å². The second-order valence-electron chi connectivity index (χ2n) is 6.75. The summed E-state index contributed by atoms with van der Waals surface area (Å²) in [6, 6.07) is 8.57. The molecule has 2 heterocycles. The highest BCUT2D eigenvalue weighted by atomic mass is 32.2. The van der Waals surface area contributed by atoms with E-state index in [1.807, 2.05) is 0 Å². The lowest BCUT2D eigenvalue weighted by Crippen LogP contribution is -1.85. The van der Waals surface area contributed by atoms with E-state index in [2.05, 4.69) is 44.7 Å². The third-order valence-electron chi connectivity index (χ3n) is 4.44. The molecule has 134 valence electrons. The molecule has 0 atom stereocenters. The molecule has 0 bridgehead atoms. The van der Waals surface area contributed by atoms with E-state index in [4.69, 9.17) is 8.83 Å². The van der Waals surface area contributed by atoms with Gasteiger partial charge in [0.15, 0.2) is 0 Å². The van der Waals surface area contributed by atoms with Crippen LogP contribution in [0.3, 0.4) is 0 Å². The molecule has 1 aromatic carbocycles. The number of nitrogens with zero attached hydrogens (tertiary/aromatic N) is 4. The van der Waals surface area contributed by atoms with Crippen molar-refractivity contribution in [2.24, 2.45) is 0 Å². The Hall–Kier alpha value is -1.80. The van der Waals surface area contributed by atoms with Gasteiger partial charge in [0.25, 0.3) is 10.4 Å². The first-order valence-electron chi connectivity index (χ1n) is 8.84. The van der Waals surface area contributed by atoms with Gasteiger partial charge in [-0.15, -0.1) is 20.4 Å². The topological polar surface area (TPSA) is 77.8 Å². The minimum absolute atomic E-state index is 0.507. The van der Waals surface area contributed by atoms with Crippen LogP contribution >= 0.6 is 23.5 Å². The van der Waals surface area contributed by atoms with E-state index in [-0.39, 0.29) is 0 Å². The van der Waals surface area contributed by atoms with Gasteiger partial charge < -0.3 is 8.83 Å². The molecule has 0 amide bonds. The molecule has 5 rings (SSSR count). The van der Waals surface area contributed by atoms with E-state index in [1.165, 1.54) is 36.8 Å². The first kappa shape index (κ1) is 16.4. The molecular weight excluding hydrogens is 368 g/mol. The fourth-order valence-electron chi connectivity index (χ4n) is 2.57. The van der Waals surface area contributed by atoms with Crippen LogP contribution in [0.25, 0.3) is 0 Å². The summed E-state index contributed by atoms with van der Waals surface area (Å²) >= 11 is 3.18. The summed E-state index contributed by atoms with van der Waals surface area (Å²) in [6.07, 6.45) is 4.71. The Labute approximate surface area is 159 Å². The summed E-state index contributed by atoms with van der Waals surface area (Å²) in [6.45, 7) is 0. The molecular formula is C18H18N4O2S2. The van der Waals surface area contributed by atoms with Gasteiger partial charge in [0, 0.05) is 23.3 Å². The van der Waals surface area contributed by atoms with Gasteiger partial charge >= 0.3 is 0 Å². The highest BCUT2D eigenvalue weighted by Gasteiger charge is 2.30. The zero-order chi connectivity index (χ0) is 17.3. The number of aromatic nitrogens is 4. The van der Waals surface area contributed by atoms with Gasteiger partial charge in [-0.2, -0.15) is 0 Å². The van der Waals surface area contributed by atoms with Crippen LogP contribution in [0.2, 0.25) is 0 Å². The van der Waals surface area contributed by atoms with Gasteiger partial charge in [0.2, 0.25) is 11.8 Å². The third kappa shape index (κ3) is 3.96. The normalized spacial score (nSPS) is 16.9. The SMILES string of the molecule is c1cc(CSc2nnc(C3CC3)o2)ccc1CSc1nnc(C2CC2)o1. The highest BCUT2D eigenvalue weighted by Crippen LogP contribution is 2.40. The molecule has 2 aliphatic rings. The highest BCUT2D eigenvalue weighted by molar-refractivity contribution is 7.98. The zero-order valence-corrected chi connectivity index (χ0v) is 15.8. The van der Waals surface area contributed by atoms with Crippen molar-refractivity contribution >= 4 is 23.5 Å². The van der Waals surface area contributed by atoms with Crippen LogP contribution in [-0.4, -0.2) is 20.4 Å². The molecule has 26 heavy (non-hydrogen) atoms. The standard InChI is InChI=1S/C18H18N4O2S2/c1-2-12(10-26-18-22-20-16(24-18)14-7-8-14)4-3-11(1)9-25-17-21-19-15(23-17)13-5-6-13/h1-4,13-14H,5-10H2. The molecule has 0 unspecified atom stereocenters. The van der Waals surface area contributed by atoms with E-state index >= 15 is 0 Å². The molecule has 0 N–H and O–H groups in total. The van der Waals surface area contributed by atoms with Crippen molar-refractivity contribution in [2.75, 3.05) is 0 Å². The molecule has 2 fully saturated rings. The Morgan fingerprint density at radius 2 is 1.12 bits per heavy atom. The summed E-state index contributed by atoms with van der Waals surface area (Å²) < 4.78 is 11.4. The number of thioether (sulfide) groups is 2. The number of hydrogen-bond donors (Lipinski definition) is 0. The lowest BCUT2D eigenvalue weighted by atomic mass is 10.2. The summed E-state index contributed by atoms with van der Waals surface area (Å²) in [4.78, 5) is 0. The van der Waals surface area contributed by atoms with E-state index in [0.29, 0.717) is 22.3 Å². The minimum atomic E-state index is 0.507. The molecule has 8 heteroatoms. The van der Waals surface area contributed by atoms with Gasteiger partial charge in [0.1, 0.15) is 0 Å². The number of hydrogen-bond acceptors (Lipinski definition) is 8. The van der Waals surface area contributed by atoms with Crippen molar-refractivity contribution in [1.82, 2.24) is 20.4 Å². The van der Waals surface area contributed by atoms with Gasteiger partial charge in [-0.25, -0.2) is 0 Å². The number of rotatable bonds is 8. The molecule has 2 aliphatic carbocycles. The van der Waals surface area contributed by atoms with Crippen molar-refractivity contribution in [1.29, 1.82) is 0 Å². The smallest absolute Gasteiger partial charge is 0.276 e. The Bertz CT molecular complexity index is 811. The van der Waals surface area contributed by atoms with Crippen LogP contribution in [0.4, 0.5) is 0 Å². The minimum Gasteiger partial charge on any atom is -0.416 e. The van der Waals surface area contributed by atoms with Crippen molar-refractivity contribution in [3.8, 4) is 0 Å². The Morgan fingerprint density at radius 1 is 0.692 bits per heavy atom. The monoisotopic (exact) mass is 386 g/mol. The first-order chi connectivity index (χ1) is 12.8. The Kier molecular flexibility index (Phi) is 4.46. The molecule has 2 saturated carbocycles. The first-order valence-corrected chi connectivity index (χ1v) is 10.8. The van der Waals surface area contributed by atoms with Gasteiger partial charge in [0.05, 0.1) is 0 Å². The van der Waals surface area contributed by atoms with Crippen LogP contribution in [0.1, 0.15) is 60.4 Å². The van der Waals surface area contributed by atoms with Crippen molar-refractivity contribution in [2.45, 2.75) is 59.5 Å². The maximum atomic E-state index is 5.68. The second-order valence-corrected chi connectivity index (χ2v) is 8.61. The molecule has 0 spiro atoms. The summed E-state index contributed by atoms with van der Waals surface area (Å²) in [5.41, 5.74) is 2.48. The predicted octanol–water partition coefficient (Wildman–Crippen LogP) is 4.79. The van der Waals surface area contributed by atoms with Crippen LogP contribution in [0.15, 0.2) is 43.5 Å². The molecule has 6 nitrogen and oxygen atoms in total. The van der Waals surface area contributed by atoms with Crippen LogP contribution in [0.5, 0.6) is 0 Å². The summed E-state index contributed by atoms with van der Waals surface area (Å²) in [5, 5.41) is 17.8. The molecule has 0 aliphatic heterocycles. The van der Waals surface area contributed by atoms with Crippen molar-refractivity contribution in [3.63, 3.8) is 0 Å². The molecule has 0 saturated heterocycles. The summed E-state index contributed by atoms with van der Waals surface area (Å²) in [5.74, 6) is 4.26. The van der Waals surface area contributed by atoms with Gasteiger partial charge in [-0.1, -0.05) is 47.8 Å². The molecule has 0 radical (unpaired) electrons. The average molecular weight is 387 g/mol. The second kappa shape index (κ2) is 7.08. The zero-order valence-electron chi connectivity index (χ0n) is 14.1. The van der Waals surface area contributed by atoms with E-state index in [1.54, 1.807) is 23.5 Å². The molecule has 3 aromatic rings. The van der Waals surface area contributed by atoms with E-state index in [0.717, 1.165) is 23.3 Å². The fraction of sp³-hybridized carbons (Fsp3) is 0.444. The summed E-state index contributed by atoms with van der Waals surface area (Å²) in [7, 11) is 0. The third-order valence-corrected chi connectivity index (χ3v) is 6.22. The van der Waals surface area contributed by atoms with Crippen LogP contribution in [-0.2, 0) is 11.5 Å². The lowest BCUT2D eigenvalue weighted by molar-refractivity contribution is 0.414. The molecule has 2 aromatic heterocycles. The van der Waals surface area contributed by atoms with Gasteiger partial charge in [-0.05, 0) is 36.8 Å². The largest absolute Gasteiger partial charge is 0.416 e. The Balaban J connectivity index is 1.12. The quantitative estimate of drug-likeness (QED) is 0.511. The van der Waals surface area contributed by atoms with E-state index < -0.39 is 0 Å².